The summed E-state index contributed by atoms with van der Waals surface area (Å²) in [6, 6.07) is 8.29. The van der Waals surface area contributed by atoms with E-state index in [1.54, 1.807) is 6.07 Å². The molecule has 0 fully saturated rings. The van der Waals surface area contributed by atoms with E-state index in [4.69, 9.17) is 38.9 Å². The molecule has 0 saturated heterocycles. The highest BCUT2D eigenvalue weighted by Crippen LogP contribution is 2.32. The van der Waals surface area contributed by atoms with Crippen molar-refractivity contribution >= 4 is 29.0 Å². The van der Waals surface area contributed by atoms with E-state index < -0.39 is 5.82 Å². The number of rotatable bonds is 3. The van der Waals surface area contributed by atoms with Gasteiger partial charge >= 0.3 is 0 Å². The number of nitrogens with two attached hydrogens (primary N) is 1. The lowest BCUT2D eigenvalue weighted by Crippen LogP contribution is -2.14. The molecule has 0 radical (unpaired) electrons. The summed E-state index contributed by atoms with van der Waals surface area (Å²) < 4.78 is 18.5. The van der Waals surface area contributed by atoms with Gasteiger partial charge in [0.1, 0.15) is 17.3 Å². The molecule has 0 heterocycles. The molecule has 0 aliphatic heterocycles. The van der Waals surface area contributed by atoms with Crippen LogP contribution in [-0.4, -0.2) is 11.0 Å². The molecule has 0 saturated carbocycles. The highest BCUT2D eigenvalue weighted by Gasteiger charge is 2.12. The van der Waals surface area contributed by atoms with Crippen LogP contribution in [0.3, 0.4) is 0 Å². The van der Waals surface area contributed by atoms with Gasteiger partial charge in [-0.3, -0.25) is 0 Å². The van der Waals surface area contributed by atoms with Crippen LogP contribution in [0.25, 0.3) is 0 Å². The molecule has 0 bridgehead atoms. The average molecular weight is 315 g/mol. The maximum absolute atomic E-state index is 13.0. The number of oxime groups is 1. The van der Waals surface area contributed by atoms with Gasteiger partial charge in [-0.15, -0.1) is 0 Å². The van der Waals surface area contributed by atoms with Crippen LogP contribution in [0.15, 0.2) is 41.6 Å². The Morgan fingerprint density at radius 1 is 1.15 bits per heavy atom. The van der Waals surface area contributed by atoms with Gasteiger partial charge in [-0.1, -0.05) is 28.4 Å². The van der Waals surface area contributed by atoms with Crippen molar-refractivity contribution in [3.8, 4) is 11.5 Å². The first-order chi connectivity index (χ1) is 9.51. The highest BCUT2D eigenvalue weighted by molar-refractivity contribution is 6.32. The smallest absolute Gasteiger partial charge is 0.173 e. The minimum absolute atomic E-state index is 0.102. The standard InChI is InChI=1S/C13H9Cl2FN2O2/c14-7-1-3-11(9(5-7)13(17)18-19)20-12-4-2-8(16)6-10(12)15/h1-6,19H,(H2,17,18). The third-order valence-corrected chi connectivity index (χ3v) is 2.97. The van der Waals surface area contributed by atoms with Crippen LogP contribution < -0.4 is 10.5 Å². The molecule has 0 aliphatic rings. The fourth-order valence-electron chi connectivity index (χ4n) is 1.52. The molecule has 2 aromatic rings. The Labute approximate surface area is 124 Å². The van der Waals surface area contributed by atoms with Gasteiger partial charge in [0.2, 0.25) is 0 Å². The third kappa shape index (κ3) is 3.12. The minimum Gasteiger partial charge on any atom is -0.455 e. The molecule has 3 N–H and O–H groups in total. The van der Waals surface area contributed by atoms with Crippen LogP contribution in [0.2, 0.25) is 10.0 Å². The second kappa shape index (κ2) is 5.98. The van der Waals surface area contributed by atoms with E-state index in [0.717, 1.165) is 6.07 Å². The van der Waals surface area contributed by atoms with Crippen molar-refractivity contribution in [1.29, 1.82) is 0 Å². The number of nitrogens with zero attached hydrogens (tertiary/aromatic N) is 1. The Balaban J connectivity index is 2.43. The molecule has 0 aromatic heterocycles. The molecule has 0 spiro atoms. The van der Waals surface area contributed by atoms with Gasteiger partial charge in [0.15, 0.2) is 5.84 Å². The number of ether oxygens (including phenoxy) is 1. The quantitative estimate of drug-likeness (QED) is 0.389. The number of amidine groups is 1. The lowest BCUT2D eigenvalue weighted by Gasteiger charge is -2.11. The van der Waals surface area contributed by atoms with Crippen LogP contribution in [0.1, 0.15) is 5.56 Å². The summed E-state index contributed by atoms with van der Waals surface area (Å²) in [5, 5.41) is 12.1. The first-order valence-electron chi connectivity index (χ1n) is 5.41. The predicted molar refractivity (Wildman–Crippen MR) is 75.4 cm³/mol. The number of halogens is 3. The Morgan fingerprint density at radius 2 is 1.85 bits per heavy atom. The highest BCUT2D eigenvalue weighted by atomic mass is 35.5. The Hall–Kier alpha value is -1.98. The molecule has 0 unspecified atom stereocenters. The van der Waals surface area contributed by atoms with Gasteiger partial charge in [-0.2, -0.15) is 0 Å². The second-order valence-corrected chi connectivity index (χ2v) is 4.65. The minimum atomic E-state index is -0.477. The molecule has 2 rings (SSSR count). The Bertz CT molecular complexity index is 677. The molecule has 20 heavy (non-hydrogen) atoms. The van der Waals surface area contributed by atoms with E-state index in [0.29, 0.717) is 10.6 Å². The zero-order valence-electron chi connectivity index (χ0n) is 9.98. The maximum Gasteiger partial charge on any atom is 0.173 e. The van der Waals surface area contributed by atoms with E-state index in [2.05, 4.69) is 5.16 Å². The van der Waals surface area contributed by atoms with Crippen LogP contribution >= 0.6 is 23.2 Å². The zero-order valence-corrected chi connectivity index (χ0v) is 11.5. The molecular weight excluding hydrogens is 306 g/mol. The topological polar surface area (TPSA) is 67.8 Å². The fraction of sp³-hybridized carbons (Fsp3) is 0. The van der Waals surface area contributed by atoms with Gasteiger partial charge in [0.25, 0.3) is 0 Å². The molecule has 0 amide bonds. The normalized spacial score (nSPS) is 11.4. The second-order valence-electron chi connectivity index (χ2n) is 3.80. The first kappa shape index (κ1) is 14.4. The lowest BCUT2D eigenvalue weighted by molar-refractivity contribution is 0.318. The van der Waals surface area contributed by atoms with Gasteiger partial charge < -0.3 is 15.7 Å². The predicted octanol–water partition coefficient (Wildman–Crippen LogP) is 4.02. The molecule has 0 aliphatic carbocycles. The molecule has 104 valence electrons. The van der Waals surface area contributed by atoms with Crippen LogP contribution in [0.4, 0.5) is 4.39 Å². The number of hydrogen-bond donors (Lipinski definition) is 2. The van der Waals surface area contributed by atoms with Gasteiger partial charge in [-0.25, -0.2) is 4.39 Å². The Morgan fingerprint density at radius 3 is 2.50 bits per heavy atom. The van der Waals surface area contributed by atoms with Crippen LogP contribution in [-0.2, 0) is 0 Å². The molecular formula is C13H9Cl2FN2O2. The molecule has 0 atom stereocenters. The van der Waals surface area contributed by atoms with Crippen molar-refractivity contribution in [2.75, 3.05) is 0 Å². The summed E-state index contributed by atoms with van der Waals surface area (Å²) >= 11 is 11.7. The van der Waals surface area contributed by atoms with Gasteiger partial charge in [0.05, 0.1) is 10.6 Å². The van der Waals surface area contributed by atoms with Crippen molar-refractivity contribution in [2.45, 2.75) is 0 Å². The summed E-state index contributed by atoms with van der Waals surface area (Å²) in [7, 11) is 0. The van der Waals surface area contributed by atoms with Gasteiger partial charge in [-0.05, 0) is 36.4 Å². The van der Waals surface area contributed by atoms with Crippen molar-refractivity contribution in [3.63, 3.8) is 0 Å². The van der Waals surface area contributed by atoms with Crippen molar-refractivity contribution in [2.24, 2.45) is 10.9 Å². The van der Waals surface area contributed by atoms with Crippen molar-refractivity contribution in [1.82, 2.24) is 0 Å². The fourth-order valence-corrected chi connectivity index (χ4v) is 1.90. The van der Waals surface area contributed by atoms with Crippen LogP contribution in [0, 0.1) is 5.82 Å². The number of benzene rings is 2. The summed E-state index contributed by atoms with van der Waals surface area (Å²) in [6.07, 6.45) is 0. The van der Waals surface area contributed by atoms with E-state index in [1.165, 1.54) is 24.3 Å². The van der Waals surface area contributed by atoms with E-state index in [9.17, 15) is 4.39 Å². The van der Waals surface area contributed by atoms with Gasteiger partial charge in [0, 0.05) is 5.02 Å². The molecule has 4 nitrogen and oxygen atoms in total. The molecule has 2 aromatic carbocycles. The molecule has 7 heteroatoms. The van der Waals surface area contributed by atoms with E-state index >= 15 is 0 Å². The van der Waals surface area contributed by atoms with E-state index in [-0.39, 0.29) is 22.4 Å². The van der Waals surface area contributed by atoms with Crippen molar-refractivity contribution < 1.29 is 14.3 Å². The third-order valence-electron chi connectivity index (χ3n) is 2.44. The Kier molecular flexibility index (Phi) is 4.32. The largest absolute Gasteiger partial charge is 0.455 e. The van der Waals surface area contributed by atoms with E-state index in [1.807, 2.05) is 0 Å². The average Bonchev–Trinajstić information content (AvgIpc) is 2.42. The summed E-state index contributed by atoms with van der Waals surface area (Å²) in [4.78, 5) is 0. The first-order valence-corrected chi connectivity index (χ1v) is 6.17. The van der Waals surface area contributed by atoms with Crippen molar-refractivity contribution in [3.05, 3.63) is 57.8 Å². The number of hydrogen-bond acceptors (Lipinski definition) is 3. The summed E-state index contributed by atoms with van der Waals surface area (Å²) in [6.45, 7) is 0. The summed E-state index contributed by atoms with van der Waals surface area (Å²) in [5.41, 5.74) is 5.84. The SMILES string of the molecule is NC(=NO)c1cc(Cl)ccc1Oc1ccc(F)cc1Cl. The monoisotopic (exact) mass is 314 g/mol. The van der Waals surface area contributed by atoms with Crippen LogP contribution in [0.5, 0.6) is 11.5 Å². The lowest BCUT2D eigenvalue weighted by atomic mass is 10.2. The summed E-state index contributed by atoms with van der Waals surface area (Å²) in [5.74, 6) is -0.128. The maximum atomic E-state index is 13.0. The zero-order chi connectivity index (χ0) is 14.7.